The molecule has 14 heteroatoms. The molecule has 5 aromatic rings. The number of pyridine rings is 2. The highest BCUT2D eigenvalue weighted by Crippen LogP contribution is 2.30. The van der Waals surface area contributed by atoms with Gasteiger partial charge < -0.3 is 19.5 Å². The number of halogens is 2. The average Bonchev–Trinajstić information content (AvgIpc) is 3.35. The Morgan fingerprint density at radius 2 is 1.86 bits per heavy atom. The van der Waals surface area contributed by atoms with Gasteiger partial charge in [-0.1, -0.05) is 0 Å². The quantitative estimate of drug-likeness (QED) is 0.153. The van der Waals surface area contributed by atoms with Crippen molar-refractivity contribution >= 4 is 34.4 Å². The molecule has 0 aliphatic rings. The number of hydroxylamine groups is 1. The number of carbonyl (C=O) groups excluding carboxylic acids is 1. The van der Waals surface area contributed by atoms with Crippen molar-refractivity contribution in [2.75, 3.05) is 30.4 Å². The normalized spacial score (nSPS) is 11.2. The van der Waals surface area contributed by atoms with Gasteiger partial charge in [0.05, 0.1) is 36.3 Å². The first-order valence-corrected chi connectivity index (χ1v) is 13.3. The molecule has 0 unspecified atom stereocenters. The highest BCUT2D eigenvalue weighted by Gasteiger charge is 2.18. The highest BCUT2D eigenvalue weighted by atomic mass is 19.1. The van der Waals surface area contributed by atoms with Gasteiger partial charge >= 0.3 is 0 Å². The molecule has 4 aromatic heterocycles. The van der Waals surface area contributed by atoms with Crippen LogP contribution in [0, 0.1) is 18.6 Å². The summed E-state index contributed by atoms with van der Waals surface area (Å²) in [5, 5.41) is 11.6. The summed E-state index contributed by atoms with van der Waals surface area (Å²) < 4.78 is 37.5. The molecule has 0 aliphatic heterocycles. The molecular weight excluding hydrogens is 560 g/mol. The number of nitrogens with zero attached hydrogens (tertiary/aromatic N) is 7. The Kier molecular flexibility index (Phi) is 8.39. The summed E-state index contributed by atoms with van der Waals surface area (Å²) in [5.41, 5.74) is 3.38. The van der Waals surface area contributed by atoms with Crippen LogP contribution in [0.3, 0.4) is 0 Å². The van der Waals surface area contributed by atoms with Crippen molar-refractivity contribution in [3.8, 4) is 17.0 Å². The van der Waals surface area contributed by atoms with Crippen LogP contribution in [-0.2, 0) is 0 Å². The second kappa shape index (κ2) is 12.3. The third-order valence-corrected chi connectivity index (χ3v) is 6.65. The Morgan fingerprint density at radius 3 is 2.53 bits per heavy atom. The zero-order valence-electron chi connectivity index (χ0n) is 23.8. The van der Waals surface area contributed by atoms with Crippen molar-refractivity contribution in [1.29, 1.82) is 0 Å². The first kappa shape index (κ1) is 29.3. The van der Waals surface area contributed by atoms with Crippen molar-refractivity contribution in [2.24, 2.45) is 0 Å². The first-order chi connectivity index (χ1) is 20.6. The van der Waals surface area contributed by atoms with Crippen molar-refractivity contribution in [3.63, 3.8) is 0 Å². The molecule has 3 N–H and O–H groups in total. The molecule has 1 amide bonds. The van der Waals surface area contributed by atoms with E-state index in [0.717, 1.165) is 11.9 Å². The molecule has 12 nitrogen and oxygen atoms in total. The standard InChI is InChI=1S/C29H29F2N9O3/c1-16(2)40-17(3)35-27-21(30)11-18(12-24(27)40)26-22(31)15-34-29(37-26)36-25-8-6-20(14-33-25)43-10-9-39(4)19-5-7-23(32-13-19)28(41)38-42/h5-8,11-16,42H,9-10H2,1-4H3,(H,38,41)(H,33,34,36,37). The number of carbonyl (C=O) groups is 1. The summed E-state index contributed by atoms with van der Waals surface area (Å²) in [6.45, 7) is 6.59. The van der Waals surface area contributed by atoms with Gasteiger partial charge in [0.25, 0.3) is 5.91 Å². The van der Waals surface area contributed by atoms with E-state index in [2.05, 4.69) is 30.2 Å². The number of imidazole rings is 1. The van der Waals surface area contributed by atoms with E-state index in [0.29, 0.717) is 36.1 Å². The second-order valence-electron chi connectivity index (χ2n) is 9.96. The van der Waals surface area contributed by atoms with Gasteiger partial charge in [-0.05, 0) is 57.2 Å². The molecule has 5 rings (SSSR count). The minimum absolute atomic E-state index is 0.0320. The summed E-state index contributed by atoms with van der Waals surface area (Å²) in [4.78, 5) is 34.3. The minimum atomic E-state index is -0.694. The van der Waals surface area contributed by atoms with Crippen LogP contribution in [0.2, 0.25) is 0 Å². The number of fused-ring (bicyclic) bond motifs is 1. The fourth-order valence-electron chi connectivity index (χ4n) is 4.57. The Morgan fingerprint density at radius 1 is 1.05 bits per heavy atom. The zero-order chi connectivity index (χ0) is 30.7. The Bertz CT molecular complexity index is 1760. The molecule has 222 valence electrons. The van der Waals surface area contributed by atoms with Gasteiger partial charge in [-0.15, -0.1) is 0 Å². The van der Waals surface area contributed by atoms with Crippen LogP contribution in [0.15, 0.2) is 55.0 Å². The van der Waals surface area contributed by atoms with Crippen molar-refractivity contribution in [1.82, 2.24) is 35.0 Å². The first-order valence-electron chi connectivity index (χ1n) is 13.3. The van der Waals surface area contributed by atoms with Crippen molar-refractivity contribution in [2.45, 2.75) is 26.8 Å². The number of anilines is 3. The van der Waals surface area contributed by atoms with E-state index in [1.165, 1.54) is 24.5 Å². The lowest BCUT2D eigenvalue weighted by Crippen LogP contribution is -2.24. The summed E-state index contributed by atoms with van der Waals surface area (Å²) in [6, 6.07) is 9.51. The van der Waals surface area contributed by atoms with E-state index >= 15 is 0 Å². The third-order valence-electron chi connectivity index (χ3n) is 6.65. The molecule has 43 heavy (non-hydrogen) atoms. The van der Waals surface area contributed by atoms with Crippen LogP contribution in [0.4, 0.5) is 26.2 Å². The number of aromatic nitrogens is 6. The molecule has 0 atom stereocenters. The highest BCUT2D eigenvalue weighted by molar-refractivity contribution is 5.91. The molecule has 0 fully saturated rings. The fourth-order valence-corrected chi connectivity index (χ4v) is 4.57. The smallest absolute Gasteiger partial charge is 0.293 e. The number of rotatable bonds is 10. The lowest BCUT2D eigenvalue weighted by atomic mass is 10.1. The molecule has 0 aliphatic carbocycles. The monoisotopic (exact) mass is 589 g/mol. The SMILES string of the molecule is Cc1nc2c(F)cc(-c3nc(Nc4ccc(OCCN(C)c5ccc(C(=O)NO)nc5)cn4)ncc3F)cc2n1C(C)C. The maximum Gasteiger partial charge on any atom is 0.293 e. The van der Waals surface area contributed by atoms with Gasteiger partial charge in [-0.2, -0.15) is 0 Å². The maximum atomic E-state index is 15.0. The van der Waals surface area contributed by atoms with Gasteiger partial charge in [0.15, 0.2) is 11.6 Å². The maximum absolute atomic E-state index is 15.0. The molecule has 0 bridgehead atoms. The lowest BCUT2D eigenvalue weighted by Gasteiger charge is -2.19. The van der Waals surface area contributed by atoms with Crippen molar-refractivity contribution in [3.05, 3.63) is 78.1 Å². The third kappa shape index (κ3) is 6.33. The molecule has 0 spiro atoms. The number of hydrogen-bond acceptors (Lipinski definition) is 10. The Balaban J connectivity index is 1.23. The van der Waals surface area contributed by atoms with Gasteiger partial charge in [0.2, 0.25) is 5.95 Å². The molecule has 4 heterocycles. The van der Waals surface area contributed by atoms with Gasteiger partial charge in [-0.3, -0.25) is 10.0 Å². The van der Waals surface area contributed by atoms with Crippen molar-refractivity contribution < 1.29 is 23.5 Å². The fraction of sp³-hybridized carbons (Fsp3) is 0.241. The van der Waals surface area contributed by atoms with Gasteiger partial charge in [-0.25, -0.2) is 39.2 Å². The minimum Gasteiger partial charge on any atom is -0.490 e. The van der Waals surface area contributed by atoms with Crippen LogP contribution in [0.1, 0.15) is 36.2 Å². The number of aryl methyl sites for hydroxylation is 1. The van der Waals surface area contributed by atoms with E-state index in [-0.39, 0.29) is 34.5 Å². The number of hydrogen-bond donors (Lipinski definition) is 3. The lowest BCUT2D eigenvalue weighted by molar-refractivity contribution is 0.0701. The van der Waals surface area contributed by atoms with Crippen LogP contribution in [0.5, 0.6) is 5.75 Å². The topological polar surface area (TPSA) is 143 Å². The largest absolute Gasteiger partial charge is 0.490 e. The Labute approximate surface area is 245 Å². The number of likely N-dealkylation sites (N-methyl/N-ethyl adjacent to an activating group) is 1. The number of ether oxygens (including phenoxy) is 1. The summed E-state index contributed by atoms with van der Waals surface area (Å²) in [7, 11) is 1.85. The molecule has 0 radical (unpaired) electrons. The molecule has 1 aromatic carbocycles. The predicted molar refractivity (Wildman–Crippen MR) is 156 cm³/mol. The number of nitrogens with one attached hydrogen (secondary N) is 2. The average molecular weight is 590 g/mol. The van der Waals surface area contributed by atoms with Crippen LogP contribution >= 0.6 is 0 Å². The summed E-state index contributed by atoms with van der Waals surface area (Å²) >= 11 is 0. The van der Waals surface area contributed by atoms with Crippen LogP contribution in [-0.4, -0.2) is 60.8 Å². The van der Waals surface area contributed by atoms with Gasteiger partial charge in [0.1, 0.15) is 40.9 Å². The molecule has 0 saturated carbocycles. The number of amides is 1. The summed E-state index contributed by atoms with van der Waals surface area (Å²) in [6.07, 6.45) is 4.07. The second-order valence-corrected chi connectivity index (χ2v) is 9.96. The number of benzene rings is 1. The summed E-state index contributed by atoms with van der Waals surface area (Å²) in [5.74, 6) is -0.273. The van der Waals surface area contributed by atoms with E-state index < -0.39 is 17.5 Å². The predicted octanol–water partition coefficient (Wildman–Crippen LogP) is 4.83. The van der Waals surface area contributed by atoms with E-state index in [4.69, 9.17) is 9.94 Å². The zero-order valence-corrected chi connectivity index (χ0v) is 23.8. The Hall–Kier alpha value is -5.24. The van der Waals surface area contributed by atoms with E-state index in [1.54, 1.807) is 36.7 Å². The molecule has 0 saturated heterocycles. The van der Waals surface area contributed by atoms with Gasteiger partial charge in [0, 0.05) is 18.7 Å². The van der Waals surface area contributed by atoms with Crippen LogP contribution in [0.25, 0.3) is 22.3 Å². The van der Waals surface area contributed by atoms with E-state index in [9.17, 15) is 13.6 Å². The van der Waals surface area contributed by atoms with E-state index in [1.807, 2.05) is 30.4 Å². The van der Waals surface area contributed by atoms with Crippen LogP contribution < -0.4 is 20.4 Å². The molecular formula is C29H29F2N9O3.